The lowest BCUT2D eigenvalue weighted by Crippen LogP contribution is -2.01. The molecule has 0 fully saturated rings. The van der Waals surface area contributed by atoms with Crippen molar-refractivity contribution in [1.82, 2.24) is 20.2 Å². The number of aryl methyl sites for hydroxylation is 2. The van der Waals surface area contributed by atoms with Crippen LogP contribution in [0.4, 0.5) is 8.78 Å². The van der Waals surface area contributed by atoms with E-state index in [9.17, 15) is 13.3 Å². The summed E-state index contributed by atoms with van der Waals surface area (Å²) < 4.78 is 42.4. The largest absolute Gasteiger partial charge is 0.442 e. The van der Waals surface area contributed by atoms with E-state index in [2.05, 4.69) is 36.0 Å². The van der Waals surface area contributed by atoms with Crippen LogP contribution in [-0.4, -0.2) is 37.0 Å². The third-order valence-electron chi connectivity index (χ3n) is 2.89. The number of benzene rings is 1. The molecule has 0 aliphatic heterocycles. The minimum atomic E-state index is -4.97. The van der Waals surface area contributed by atoms with Gasteiger partial charge in [0.25, 0.3) is 0 Å². The van der Waals surface area contributed by atoms with Crippen LogP contribution in [0, 0.1) is 0 Å². The normalized spacial score (nSPS) is 13.9. The van der Waals surface area contributed by atoms with Crippen LogP contribution in [0.15, 0.2) is 27.8 Å². The second-order valence-electron chi connectivity index (χ2n) is 4.73. The molecule has 0 spiro atoms. The molecule has 1 aromatic carbocycles. The predicted molar refractivity (Wildman–Crippen MR) is 88.4 cm³/mol. The summed E-state index contributed by atoms with van der Waals surface area (Å²) in [5, 5.41) is 11.9. The zero-order valence-electron chi connectivity index (χ0n) is 12.5. The molecule has 1 unspecified atom stereocenters. The van der Waals surface area contributed by atoms with E-state index in [1.165, 1.54) is 17.8 Å². The highest BCUT2D eigenvalue weighted by atomic mass is 79.9. The highest BCUT2D eigenvalue weighted by molar-refractivity contribution is 9.10. The highest BCUT2D eigenvalue weighted by Gasteiger charge is 2.34. The molecule has 0 aliphatic rings. The van der Waals surface area contributed by atoms with Gasteiger partial charge < -0.3 is 9.42 Å². The third-order valence-corrected chi connectivity index (χ3v) is 5.56. The standard InChI is InChI=1S/C12H14BrF2N4O3PS/c1-19-12(16-17-18-19)24-6-2-3-8-4-5-10(9(13)7-8)22-23(20,21)11(14)15/h4-5,7,11H,2-3,6H2,1H3,(H,20,21). The number of tetrazole rings is 1. The SMILES string of the molecule is Cn1nnnc1SCCCc1ccc(OP(=O)(O)C(F)F)c(Br)c1. The van der Waals surface area contributed by atoms with E-state index in [0.29, 0.717) is 4.47 Å². The summed E-state index contributed by atoms with van der Waals surface area (Å²) in [5.74, 6) is 0.714. The number of hydrogen-bond acceptors (Lipinski definition) is 6. The zero-order chi connectivity index (χ0) is 17.7. The first kappa shape index (κ1) is 19.3. The maximum absolute atomic E-state index is 12.4. The Bertz CT molecular complexity index is 749. The number of halogens is 3. The van der Waals surface area contributed by atoms with Crippen molar-refractivity contribution in [2.45, 2.75) is 24.2 Å². The Kier molecular flexibility index (Phi) is 6.73. The first-order chi connectivity index (χ1) is 11.3. The second-order valence-corrected chi connectivity index (χ2v) is 8.35. The molecule has 0 bridgehead atoms. The van der Waals surface area contributed by atoms with Gasteiger partial charge in [-0.05, 0) is 56.9 Å². The van der Waals surface area contributed by atoms with E-state index < -0.39 is 13.8 Å². The van der Waals surface area contributed by atoms with Crippen LogP contribution >= 0.6 is 35.3 Å². The van der Waals surface area contributed by atoms with Gasteiger partial charge in [-0.15, -0.1) is 5.10 Å². The Hall–Kier alpha value is -1.03. The van der Waals surface area contributed by atoms with Crippen LogP contribution in [0.25, 0.3) is 0 Å². The first-order valence-electron chi connectivity index (χ1n) is 6.73. The van der Waals surface area contributed by atoms with Gasteiger partial charge in [0.2, 0.25) is 5.16 Å². The van der Waals surface area contributed by atoms with Crippen molar-refractivity contribution in [2.75, 3.05) is 5.75 Å². The lowest BCUT2D eigenvalue weighted by molar-refractivity contribution is 0.188. The van der Waals surface area contributed by atoms with Gasteiger partial charge in [0.1, 0.15) is 5.75 Å². The molecular formula is C12H14BrF2N4O3PS. The number of thioether (sulfide) groups is 1. The zero-order valence-corrected chi connectivity index (χ0v) is 15.8. The molecule has 1 heterocycles. The number of rotatable bonds is 8. The Morgan fingerprint density at radius 2 is 2.25 bits per heavy atom. The van der Waals surface area contributed by atoms with Crippen molar-refractivity contribution in [1.29, 1.82) is 0 Å². The van der Waals surface area contributed by atoms with Crippen molar-refractivity contribution >= 4 is 35.3 Å². The summed E-state index contributed by atoms with van der Waals surface area (Å²) in [4.78, 5) is 9.07. The van der Waals surface area contributed by atoms with Crippen molar-refractivity contribution in [3.05, 3.63) is 28.2 Å². The van der Waals surface area contributed by atoms with Gasteiger partial charge in [0.15, 0.2) is 0 Å². The fourth-order valence-electron chi connectivity index (χ4n) is 1.74. The van der Waals surface area contributed by atoms with Crippen LogP contribution in [-0.2, 0) is 18.0 Å². The lowest BCUT2D eigenvalue weighted by atomic mass is 10.1. The number of hydrogen-bond donors (Lipinski definition) is 1. The first-order valence-corrected chi connectivity index (χ1v) is 10.2. The minimum absolute atomic E-state index is 0.0931. The fraction of sp³-hybridized carbons (Fsp3) is 0.417. The average molecular weight is 443 g/mol. The Morgan fingerprint density at radius 3 is 2.83 bits per heavy atom. The quantitative estimate of drug-likeness (QED) is 0.380. The molecular weight excluding hydrogens is 429 g/mol. The van der Waals surface area contributed by atoms with Crippen molar-refractivity contribution in [3.63, 3.8) is 0 Å². The second kappa shape index (κ2) is 8.37. The van der Waals surface area contributed by atoms with Gasteiger partial charge in [0, 0.05) is 12.8 Å². The van der Waals surface area contributed by atoms with Crippen LogP contribution in [0.3, 0.4) is 0 Å². The summed E-state index contributed by atoms with van der Waals surface area (Å²) in [5.41, 5.74) is 0.940. The summed E-state index contributed by atoms with van der Waals surface area (Å²) in [6.45, 7) is 0. The lowest BCUT2D eigenvalue weighted by Gasteiger charge is -2.14. The summed E-state index contributed by atoms with van der Waals surface area (Å²) in [7, 11) is -3.21. The van der Waals surface area contributed by atoms with Crippen LogP contribution in [0.2, 0.25) is 0 Å². The molecule has 24 heavy (non-hydrogen) atoms. The Balaban J connectivity index is 1.88. The molecule has 12 heteroatoms. The monoisotopic (exact) mass is 442 g/mol. The molecule has 0 saturated heterocycles. The van der Waals surface area contributed by atoms with E-state index in [-0.39, 0.29) is 5.75 Å². The minimum Gasteiger partial charge on any atom is -0.420 e. The van der Waals surface area contributed by atoms with Crippen LogP contribution in [0.5, 0.6) is 5.75 Å². The Morgan fingerprint density at radius 1 is 1.50 bits per heavy atom. The molecule has 1 atom stereocenters. The summed E-state index contributed by atoms with van der Waals surface area (Å²) in [6, 6.07) is 4.74. The molecule has 0 radical (unpaired) electrons. The van der Waals surface area contributed by atoms with Crippen molar-refractivity contribution < 1.29 is 22.8 Å². The van der Waals surface area contributed by atoms with Gasteiger partial charge in [0.05, 0.1) is 4.47 Å². The van der Waals surface area contributed by atoms with E-state index in [1.54, 1.807) is 23.9 Å². The van der Waals surface area contributed by atoms with Gasteiger partial charge in [-0.1, -0.05) is 17.8 Å². The molecule has 1 N–H and O–H groups in total. The molecule has 2 aromatic rings. The van der Waals surface area contributed by atoms with E-state index in [4.69, 9.17) is 4.89 Å². The maximum Gasteiger partial charge on any atom is 0.442 e. The number of nitrogens with zero attached hydrogens (tertiary/aromatic N) is 4. The van der Waals surface area contributed by atoms with Crippen molar-refractivity contribution in [3.8, 4) is 5.75 Å². The molecule has 132 valence electrons. The number of alkyl halides is 2. The van der Waals surface area contributed by atoms with Gasteiger partial charge >= 0.3 is 13.8 Å². The van der Waals surface area contributed by atoms with E-state index in [1.807, 2.05) is 0 Å². The average Bonchev–Trinajstić information content (AvgIpc) is 2.91. The molecule has 0 saturated carbocycles. The van der Waals surface area contributed by atoms with Gasteiger partial charge in [-0.3, -0.25) is 0 Å². The maximum atomic E-state index is 12.4. The molecule has 0 aliphatic carbocycles. The summed E-state index contributed by atoms with van der Waals surface area (Å²) >= 11 is 4.69. The van der Waals surface area contributed by atoms with E-state index in [0.717, 1.165) is 29.3 Å². The molecule has 1 aromatic heterocycles. The van der Waals surface area contributed by atoms with Crippen molar-refractivity contribution in [2.24, 2.45) is 7.05 Å². The topological polar surface area (TPSA) is 90.1 Å². The fourth-order valence-corrected chi connectivity index (χ4v) is 3.68. The molecule has 0 amide bonds. The Labute approximate surface area is 149 Å². The van der Waals surface area contributed by atoms with Crippen LogP contribution in [0.1, 0.15) is 12.0 Å². The predicted octanol–water partition coefficient (Wildman–Crippen LogP) is 3.48. The number of aromatic nitrogens is 4. The molecule has 2 rings (SSSR count). The molecule has 7 nitrogen and oxygen atoms in total. The van der Waals surface area contributed by atoms with Crippen LogP contribution < -0.4 is 4.52 Å². The van der Waals surface area contributed by atoms with Gasteiger partial charge in [-0.25, -0.2) is 9.25 Å². The smallest absolute Gasteiger partial charge is 0.420 e. The third kappa shape index (κ3) is 5.23. The van der Waals surface area contributed by atoms with E-state index >= 15 is 0 Å². The summed E-state index contributed by atoms with van der Waals surface area (Å²) in [6.07, 6.45) is -1.86. The van der Waals surface area contributed by atoms with Gasteiger partial charge in [-0.2, -0.15) is 8.78 Å². The highest BCUT2D eigenvalue weighted by Crippen LogP contribution is 2.50.